The zero-order chi connectivity index (χ0) is 12.7. The highest BCUT2D eigenvalue weighted by molar-refractivity contribution is 5.25. The lowest BCUT2D eigenvalue weighted by atomic mass is 10.2. The van der Waals surface area contributed by atoms with E-state index in [1.54, 1.807) is 0 Å². The topological polar surface area (TPSA) is 21.3 Å². The van der Waals surface area contributed by atoms with Crippen molar-refractivity contribution in [2.24, 2.45) is 0 Å². The predicted molar refractivity (Wildman–Crippen MR) is 64.2 cm³/mol. The average Bonchev–Trinajstić information content (AvgIpc) is 2.33. The van der Waals surface area contributed by atoms with Gasteiger partial charge in [-0.15, -0.1) is 0 Å². The second-order valence-electron chi connectivity index (χ2n) is 3.90. The molecule has 17 heavy (non-hydrogen) atoms. The van der Waals surface area contributed by atoms with Crippen molar-refractivity contribution in [3.8, 4) is 5.75 Å². The van der Waals surface area contributed by atoms with Crippen molar-refractivity contribution < 1.29 is 13.5 Å². The Morgan fingerprint density at radius 1 is 1.29 bits per heavy atom. The van der Waals surface area contributed by atoms with E-state index in [1.807, 2.05) is 6.92 Å². The first kappa shape index (κ1) is 13.9. The quantitative estimate of drug-likeness (QED) is 0.743. The molecular formula is C13H19F2NO. The Kier molecular flexibility index (Phi) is 5.91. The van der Waals surface area contributed by atoms with Gasteiger partial charge >= 0.3 is 0 Å². The van der Waals surface area contributed by atoms with Gasteiger partial charge < -0.3 is 10.1 Å². The van der Waals surface area contributed by atoms with Crippen molar-refractivity contribution in [3.63, 3.8) is 0 Å². The number of ether oxygens (including phenoxy) is 1. The molecule has 0 saturated carbocycles. The van der Waals surface area contributed by atoms with Crippen LogP contribution in [0.2, 0.25) is 0 Å². The summed E-state index contributed by atoms with van der Waals surface area (Å²) < 4.78 is 31.8. The molecule has 0 amide bonds. The number of hydrogen-bond donors (Lipinski definition) is 1. The molecule has 0 bridgehead atoms. The first-order chi connectivity index (χ1) is 8.19. The standard InChI is InChI=1S/C13H19F2NO/c1-3-8-16-9-10(4-2)17-12-7-5-6-11(14)13(12)15/h5-7,10,16H,3-4,8-9H2,1-2H3. The van der Waals surface area contributed by atoms with Crippen LogP contribution in [-0.4, -0.2) is 19.2 Å². The maximum atomic E-state index is 13.4. The van der Waals surface area contributed by atoms with Crippen molar-refractivity contribution in [3.05, 3.63) is 29.8 Å². The molecule has 0 aliphatic carbocycles. The van der Waals surface area contributed by atoms with Crippen LogP contribution >= 0.6 is 0 Å². The molecule has 1 rings (SSSR count). The van der Waals surface area contributed by atoms with Gasteiger partial charge in [-0.1, -0.05) is 19.9 Å². The second-order valence-corrected chi connectivity index (χ2v) is 3.90. The molecule has 0 aliphatic rings. The largest absolute Gasteiger partial charge is 0.486 e. The van der Waals surface area contributed by atoms with Crippen LogP contribution in [0.4, 0.5) is 8.78 Å². The van der Waals surface area contributed by atoms with Crippen molar-refractivity contribution in [1.29, 1.82) is 0 Å². The molecular weight excluding hydrogens is 224 g/mol. The molecule has 2 nitrogen and oxygen atoms in total. The Morgan fingerprint density at radius 2 is 2.06 bits per heavy atom. The third kappa shape index (κ3) is 4.30. The minimum Gasteiger partial charge on any atom is -0.486 e. The second kappa shape index (κ2) is 7.22. The van der Waals surface area contributed by atoms with Gasteiger partial charge in [0.25, 0.3) is 0 Å². The minimum atomic E-state index is -0.915. The molecule has 0 aromatic heterocycles. The first-order valence-electron chi connectivity index (χ1n) is 6.00. The maximum Gasteiger partial charge on any atom is 0.200 e. The van der Waals surface area contributed by atoms with E-state index in [9.17, 15) is 8.78 Å². The molecule has 0 radical (unpaired) electrons. The molecule has 1 N–H and O–H groups in total. The third-order valence-electron chi connectivity index (χ3n) is 2.46. The molecule has 1 unspecified atom stereocenters. The van der Waals surface area contributed by atoms with Crippen molar-refractivity contribution in [1.82, 2.24) is 5.32 Å². The number of rotatable bonds is 7. The Bertz CT molecular complexity index is 344. The predicted octanol–water partition coefficient (Wildman–Crippen LogP) is 3.12. The molecule has 1 aromatic rings. The molecule has 0 heterocycles. The molecule has 4 heteroatoms. The Balaban J connectivity index is 2.57. The summed E-state index contributed by atoms with van der Waals surface area (Å²) in [5.41, 5.74) is 0. The van der Waals surface area contributed by atoms with Gasteiger partial charge in [0.1, 0.15) is 6.10 Å². The zero-order valence-corrected chi connectivity index (χ0v) is 10.3. The summed E-state index contributed by atoms with van der Waals surface area (Å²) >= 11 is 0. The van der Waals surface area contributed by atoms with E-state index in [4.69, 9.17) is 4.74 Å². The number of halogens is 2. The molecule has 0 spiro atoms. The lowest BCUT2D eigenvalue weighted by Gasteiger charge is -2.18. The Labute approximate surface area is 101 Å². The summed E-state index contributed by atoms with van der Waals surface area (Å²) in [5, 5.41) is 3.20. The van der Waals surface area contributed by atoms with Gasteiger partial charge in [0.15, 0.2) is 11.6 Å². The van der Waals surface area contributed by atoms with E-state index < -0.39 is 11.6 Å². The van der Waals surface area contributed by atoms with Crippen LogP contribution in [0, 0.1) is 11.6 Å². The van der Waals surface area contributed by atoms with E-state index >= 15 is 0 Å². The van der Waals surface area contributed by atoms with Gasteiger partial charge in [-0.05, 0) is 31.5 Å². The van der Waals surface area contributed by atoms with Gasteiger partial charge in [0.05, 0.1) is 0 Å². The van der Waals surface area contributed by atoms with E-state index in [2.05, 4.69) is 12.2 Å². The molecule has 0 saturated heterocycles. The van der Waals surface area contributed by atoms with E-state index in [0.717, 1.165) is 25.5 Å². The van der Waals surface area contributed by atoms with Crippen molar-refractivity contribution in [2.45, 2.75) is 32.8 Å². The van der Waals surface area contributed by atoms with Crippen LogP contribution in [0.5, 0.6) is 5.75 Å². The number of nitrogens with one attached hydrogen (secondary N) is 1. The van der Waals surface area contributed by atoms with Crippen LogP contribution in [0.1, 0.15) is 26.7 Å². The van der Waals surface area contributed by atoms with E-state index in [1.165, 1.54) is 12.1 Å². The van der Waals surface area contributed by atoms with Gasteiger partial charge in [-0.2, -0.15) is 4.39 Å². The van der Waals surface area contributed by atoms with Crippen molar-refractivity contribution in [2.75, 3.05) is 13.1 Å². The third-order valence-corrected chi connectivity index (χ3v) is 2.46. The van der Waals surface area contributed by atoms with Crippen LogP contribution in [0.25, 0.3) is 0 Å². The van der Waals surface area contributed by atoms with Crippen molar-refractivity contribution >= 4 is 0 Å². The Morgan fingerprint density at radius 3 is 2.71 bits per heavy atom. The van der Waals surface area contributed by atoms with Crippen LogP contribution in [0.3, 0.4) is 0 Å². The molecule has 0 fully saturated rings. The summed E-state index contributed by atoms with van der Waals surface area (Å²) in [7, 11) is 0. The lowest BCUT2D eigenvalue weighted by Crippen LogP contribution is -2.31. The highest BCUT2D eigenvalue weighted by atomic mass is 19.2. The smallest absolute Gasteiger partial charge is 0.200 e. The summed E-state index contributed by atoms with van der Waals surface area (Å²) in [4.78, 5) is 0. The SMILES string of the molecule is CCCNCC(CC)Oc1cccc(F)c1F. The fourth-order valence-electron chi connectivity index (χ4n) is 1.46. The fourth-order valence-corrected chi connectivity index (χ4v) is 1.46. The molecule has 0 aliphatic heterocycles. The summed E-state index contributed by atoms with van der Waals surface area (Å²) in [5.74, 6) is -1.81. The zero-order valence-electron chi connectivity index (χ0n) is 10.3. The monoisotopic (exact) mass is 243 g/mol. The maximum absolute atomic E-state index is 13.4. The van der Waals surface area contributed by atoms with E-state index in [0.29, 0.717) is 6.54 Å². The summed E-state index contributed by atoms with van der Waals surface area (Å²) in [6.45, 7) is 5.56. The van der Waals surface area contributed by atoms with Crippen LogP contribution in [0.15, 0.2) is 18.2 Å². The van der Waals surface area contributed by atoms with Gasteiger partial charge in [0.2, 0.25) is 5.82 Å². The Hall–Kier alpha value is -1.16. The number of hydrogen-bond acceptors (Lipinski definition) is 2. The summed E-state index contributed by atoms with van der Waals surface area (Å²) in [6.07, 6.45) is 1.63. The van der Waals surface area contributed by atoms with Gasteiger partial charge in [0, 0.05) is 6.54 Å². The van der Waals surface area contributed by atoms with E-state index in [-0.39, 0.29) is 11.9 Å². The number of benzene rings is 1. The summed E-state index contributed by atoms with van der Waals surface area (Å²) in [6, 6.07) is 3.97. The lowest BCUT2D eigenvalue weighted by molar-refractivity contribution is 0.183. The fraction of sp³-hybridized carbons (Fsp3) is 0.538. The first-order valence-corrected chi connectivity index (χ1v) is 6.00. The molecule has 1 atom stereocenters. The van der Waals surface area contributed by atoms with Crippen LogP contribution < -0.4 is 10.1 Å². The van der Waals surface area contributed by atoms with Crippen LogP contribution in [-0.2, 0) is 0 Å². The molecule has 96 valence electrons. The highest BCUT2D eigenvalue weighted by Crippen LogP contribution is 2.20. The average molecular weight is 243 g/mol. The highest BCUT2D eigenvalue weighted by Gasteiger charge is 2.13. The normalized spacial score (nSPS) is 12.5. The van der Waals surface area contributed by atoms with Gasteiger partial charge in [-0.25, -0.2) is 4.39 Å². The van der Waals surface area contributed by atoms with Gasteiger partial charge in [-0.3, -0.25) is 0 Å². The molecule has 1 aromatic carbocycles. The minimum absolute atomic E-state index is 0.0184.